The van der Waals surface area contributed by atoms with Crippen LogP contribution in [-0.4, -0.2) is 23.0 Å². The minimum absolute atomic E-state index is 0.250. The normalized spacial score (nSPS) is 10.7. The molecule has 0 atom stereocenters. The fourth-order valence-corrected chi connectivity index (χ4v) is 2.65. The van der Waals surface area contributed by atoms with E-state index >= 15 is 0 Å². The number of carbonyl (C=O) groups is 1. The van der Waals surface area contributed by atoms with Crippen LogP contribution in [0.1, 0.15) is 10.4 Å². The molecule has 0 fully saturated rings. The number of oxazole rings is 1. The molecule has 0 aliphatic rings. The molecule has 0 spiro atoms. The second-order valence-electron chi connectivity index (χ2n) is 5.59. The SMILES string of the molecule is COc1ccccc1C(=O)Nc1ccc2oc(-c3ccncc3)nc2c1. The molecule has 0 saturated heterocycles. The number of nitrogens with one attached hydrogen (secondary N) is 1. The zero-order chi connectivity index (χ0) is 17.9. The summed E-state index contributed by atoms with van der Waals surface area (Å²) in [5.74, 6) is 0.780. The van der Waals surface area contributed by atoms with Crippen LogP contribution in [0, 0.1) is 0 Å². The predicted molar refractivity (Wildman–Crippen MR) is 98.2 cm³/mol. The van der Waals surface area contributed by atoms with Crippen LogP contribution in [0.4, 0.5) is 5.69 Å². The number of rotatable bonds is 4. The van der Waals surface area contributed by atoms with Crippen molar-refractivity contribution in [2.45, 2.75) is 0 Å². The molecule has 0 radical (unpaired) electrons. The molecule has 0 aliphatic carbocycles. The van der Waals surface area contributed by atoms with Gasteiger partial charge in [-0.2, -0.15) is 0 Å². The molecule has 4 aromatic rings. The van der Waals surface area contributed by atoms with E-state index in [1.807, 2.05) is 18.2 Å². The Morgan fingerprint density at radius 3 is 2.69 bits per heavy atom. The van der Waals surface area contributed by atoms with E-state index in [9.17, 15) is 4.79 Å². The summed E-state index contributed by atoms with van der Waals surface area (Å²) >= 11 is 0. The number of hydrogen-bond acceptors (Lipinski definition) is 5. The van der Waals surface area contributed by atoms with Gasteiger partial charge in [0.2, 0.25) is 5.89 Å². The van der Waals surface area contributed by atoms with E-state index in [-0.39, 0.29) is 5.91 Å². The van der Waals surface area contributed by atoms with E-state index in [0.717, 1.165) is 5.56 Å². The summed E-state index contributed by atoms with van der Waals surface area (Å²) in [7, 11) is 1.54. The van der Waals surface area contributed by atoms with E-state index in [1.165, 1.54) is 7.11 Å². The average molecular weight is 345 g/mol. The molecule has 1 amide bonds. The van der Waals surface area contributed by atoms with Gasteiger partial charge < -0.3 is 14.5 Å². The Kier molecular flexibility index (Phi) is 4.07. The lowest BCUT2D eigenvalue weighted by molar-refractivity contribution is 0.102. The lowest BCUT2D eigenvalue weighted by Crippen LogP contribution is -2.13. The highest BCUT2D eigenvalue weighted by Gasteiger charge is 2.13. The van der Waals surface area contributed by atoms with Crippen molar-refractivity contribution < 1.29 is 13.9 Å². The number of benzene rings is 2. The Morgan fingerprint density at radius 1 is 1.08 bits per heavy atom. The largest absolute Gasteiger partial charge is 0.496 e. The molecule has 6 heteroatoms. The summed E-state index contributed by atoms with van der Waals surface area (Å²) in [4.78, 5) is 21.0. The summed E-state index contributed by atoms with van der Waals surface area (Å²) in [6.07, 6.45) is 3.37. The van der Waals surface area contributed by atoms with Gasteiger partial charge in [0.15, 0.2) is 5.58 Å². The van der Waals surface area contributed by atoms with Crippen LogP contribution in [0.25, 0.3) is 22.6 Å². The first-order valence-corrected chi connectivity index (χ1v) is 8.00. The Morgan fingerprint density at radius 2 is 1.88 bits per heavy atom. The number of ether oxygens (including phenoxy) is 1. The zero-order valence-electron chi connectivity index (χ0n) is 14.0. The zero-order valence-corrected chi connectivity index (χ0v) is 14.0. The Bertz CT molecular complexity index is 1070. The molecule has 2 aromatic heterocycles. The maximum atomic E-state index is 12.5. The molecule has 4 rings (SSSR count). The van der Waals surface area contributed by atoms with Gasteiger partial charge in [-0.15, -0.1) is 0 Å². The van der Waals surface area contributed by atoms with Crippen LogP contribution in [0.15, 0.2) is 71.4 Å². The van der Waals surface area contributed by atoms with Crippen molar-refractivity contribution in [2.24, 2.45) is 0 Å². The van der Waals surface area contributed by atoms with Crippen molar-refractivity contribution in [1.82, 2.24) is 9.97 Å². The van der Waals surface area contributed by atoms with Gasteiger partial charge in [0.1, 0.15) is 11.3 Å². The second kappa shape index (κ2) is 6.68. The average Bonchev–Trinajstić information content (AvgIpc) is 3.12. The van der Waals surface area contributed by atoms with Crippen LogP contribution in [-0.2, 0) is 0 Å². The third kappa shape index (κ3) is 3.00. The van der Waals surface area contributed by atoms with Gasteiger partial charge in [0.05, 0.1) is 12.7 Å². The first-order valence-electron chi connectivity index (χ1n) is 8.00. The molecule has 2 heterocycles. The summed E-state index contributed by atoms with van der Waals surface area (Å²) in [6.45, 7) is 0. The molecular formula is C20H15N3O3. The smallest absolute Gasteiger partial charge is 0.259 e. The highest BCUT2D eigenvalue weighted by molar-refractivity contribution is 6.06. The van der Waals surface area contributed by atoms with Gasteiger partial charge in [0.25, 0.3) is 5.91 Å². The molecule has 1 N–H and O–H groups in total. The van der Waals surface area contributed by atoms with Crippen molar-refractivity contribution in [3.05, 3.63) is 72.6 Å². The van der Waals surface area contributed by atoms with Crippen molar-refractivity contribution in [1.29, 1.82) is 0 Å². The Hall–Kier alpha value is -3.67. The molecule has 0 bridgehead atoms. The standard InChI is InChI=1S/C20H15N3O3/c1-25-17-5-3-2-4-15(17)19(24)22-14-6-7-18-16(12-14)23-20(26-18)13-8-10-21-11-9-13/h2-12H,1H3,(H,22,24). The molecule has 0 saturated carbocycles. The summed E-state index contributed by atoms with van der Waals surface area (Å²) in [5.41, 5.74) is 3.24. The van der Waals surface area contributed by atoms with Gasteiger partial charge >= 0.3 is 0 Å². The monoisotopic (exact) mass is 345 g/mol. The predicted octanol–water partition coefficient (Wildman–Crippen LogP) is 4.15. The van der Waals surface area contributed by atoms with Crippen LogP contribution < -0.4 is 10.1 Å². The number of para-hydroxylation sites is 1. The molecule has 0 unspecified atom stereocenters. The van der Waals surface area contributed by atoms with E-state index in [1.54, 1.807) is 48.8 Å². The molecule has 26 heavy (non-hydrogen) atoms. The van der Waals surface area contributed by atoms with E-state index in [4.69, 9.17) is 9.15 Å². The van der Waals surface area contributed by atoms with Crippen molar-refractivity contribution in [3.8, 4) is 17.2 Å². The number of methoxy groups -OCH3 is 1. The minimum atomic E-state index is -0.250. The van der Waals surface area contributed by atoms with E-state index in [0.29, 0.717) is 34.0 Å². The van der Waals surface area contributed by atoms with E-state index < -0.39 is 0 Å². The molecule has 128 valence electrons. The molecule has 0 aliphatic heterocycles. The number of nitrogens with zero attached hydrogens (tertiary/aromatic N) is 2. The molecule has 2 aromatic carbocycles. The molecule has 6 nitrogen and oxygen atoms in total. The summed E-state index contributed by atoms with van der Waals surface area (Å²) in [6, 6.07) is 16.1. The minimum Gasteiger partial charge on any atom is -0.496 e. The van der Waals surface area contributed by atoms with Crippen molar-refractivity contribution >= 4 is 22.7 Å². The number of pyridine rings is 1. The number of aromatic nitrogens is 2. The Labute approximate surface area is 149 Å². The maximum absolute atomic E-state index is 12.5. The number of carbonyl (C=O) groups excluding carboxylic acids is 1. The fourth-order valence-electron chi connectivity index (χ4n) is 2.65. The molecular weight excluding hydrogens is 330 g/mol. The third-order valence-corrected chi connectivity index (χ3v) is 3.92. The van der Waals surface area contributed by atoms with Crippen molar-refractivity contribution in [2.75, 3.05) is 12.4 Å². The number of anilines is 1. The Balaban J connectivity index is 1.62. The lowest BCUT2D eigenvalue weighted by atomic mass is 10.2. The summed E-state index contributed by atoms with van der Waals surface area (Å²) in [5, 5.41) is 2.86. The summed E-state index contributed by atoms with van der Waals surface area (Å²) < 4.78 is 11.0. The van der Waals surface area contributed by atoms with E-state index in [2.05, 4.69) is 15.3 Å². The number of amides is 1. The topological polar surface area (TPSA) is 77.2 Å². The number of fused-ring (bicyclic) bond motifs is 1. The van der Waals surface area contributed by atoms with Gasteiger partial charge in [-0.05, 0) is 42.5 Å². The van der Waals surface area contributed by atoms with Crippen LogP contribution in [0.2, 0.25) is 0 Å². The van der Waals surface area contributed by atoms with Crippen LogP contribution >= 0.6 is 0 Å². The number of hydrogen-bond donors (Lipinski definition) is 1. The maximum Gasteiger partial charge on any atom is 0.259 e. The van der Waals surface area contributed by atoms with Gasteiger partial charge in [-0.25, -0.2) is 4.98 Å². The quantitative estimate of drug-likeness (QED) is 0.601. The van der Waals surface area contributed by atoms with Crippen LogP contribution in [0.5, 0.6) is 5.75 Å². The van der Waals surface area contributed by atoms with Crippen LogP contribution in [0.3, 0.4) is 0 Å². The lowest BCUT2D eigenvalue weighted by Gasteiger charge is -2.08. The van der Waals surface area contributed by atoms with Gasteiger partial charge in [-0.3, -0.25) is 9.78 Å². The first kappa shape index (κ1) is 15.8. The van der Waals surface area contributed by atoms with Crippen molar-refractivity contribution in [3.63, 3.8) is 0 Å². The third-order valence-electron chi connectivity index (χ3n) is 3.92. The fraction of sp³-hybridized carbons (Fsp3) is 0.0500. The highest BCUT2D eigenvalue weighted by Crippen LogP contribution is 2.26. The van der Waals surface area contributed by atoms with Gasteiger partial charge in [0, 0.05) is 23.6 Å². The second-order valence-corrected chi connectivity index (χ2v) is 5.59. The first-order chi connectivity index (χ1) is 12.7. The highest BCUT2D eigenvalue weighted by atomic mass is 16.5. The van der Waals surface area contributed by atoms with Gasteiger partial charge in [-0.1, -0.05) is 12.1 Å².